The molecule has 160 valence electrons. The van der Waals surface area contributed by atoms with E-state index in [2.05, 4.69) is 4.90 Å². The molecule has 30 heavy (non-hydrogen) atoms. The van der Waals surface area contributed by atoms with Crippen LogP contribution in [0.3, 0.4) is 0 Å². The van der Waals surface area contributed by atoms with Crippen LogP contribution in [0.2, 0.25) is 0 Å². The van der Waals surface area contributed by atoms with Crippen LogP contribution in [0.25, 0.3) is 10.2 Å². The number of carbonyl (C=O) groups excluding carboxylic acids is 1. The minimum absolute atomic E-state index is 0. The summed E-state index contributed by atoms with van der Waals surface area (Å²) in [7, 11) is 0. The molecule has 0 aliphatic carbocycles. The third-order valence-electron chi connectivity index (χ3n) is 5.12. The molecule has 1 saturated heterocycles. The lowest BCUT2D eigenvalue weighted by atomic mass is 10.2. The van der Waals surface area contributed by atoms with Crippen molar-refractivity contribution in [3.63, 3.8) is 0 Å². The smallest absolute Gasteiger partial charge is 0.260 e. The number of ether oxygens (including phenoxy) is 1. The highest BCUT2D eigenvalue weighted by Gasteiger charge is 2.22. The molecule has 1 aromatic heterocycles. The van der Waals surface area contributed by atoms with Crippen molar-refractivity contribution in [2.75, 3.05) is 44.3 Å². The number of benzene rings is 2. The maximum absolute atomic E-state index is 13.7. The van der Waals surface area contributed by atoms with Crippen molar-refractivity contribution in [2.24, 2.45) is 0 Å². The highest BCUT2D eigenvalue weighted by molar-refractivity contribution is 7.22. The fourth-order valence-electron chi connectivity index (χ4n) is 3.53. The Hall–Kier alpha value is -2.06. The van der Waals surface area contributed by atoms with Gasteiger partial charge in [-0.15, -0.1) is 12.4 Å². The molecule has 4 rings (SSSR count). The van der Waals surface area contributed by atoms with Gasteiger partial charge >= 0.3 is 0 Å². The van der Waals surface area contributed by atoms with Crippen molar-refractivity contribution in [3.8, 4) is 0 Å². The first-order chi connectivity index (χ1) is 14.1. The number of nitrogens with zero attached hydrogens (tertiary/aromatic N) is 3. The molecule has 0 unspecified atom stereocenters. The summed E-state index contributed by atoms with van der Waals surface area (Å²) in [4.78, 5) is 22.0. The van der Waals surface area contributed by atoms with Crippen LogP contribution in [-0.4, -0.2) is 55.2 Å². The van der Waals surface area contributed by atoms with Crippen molar-refractivity contribution in [2.45, 2.75) is 13.3 Å². The van der Waals surface area contributed by atoms with E-state index >= 15 is 0 Å². The van der Waals surface area contributed by atoms with Gasteiger partial charge < -0.3 is 4.74 Å². The number of thiazole rings is 1. The number of hydrogen-bond acceptors (Lipinski definition) is 5. The topological polar surface area (TPSA) is 45.7 Å². The van der Waals surface area contributed by atoms with Gasteiger partial charge in [-0.05, 0) is 43.2 Å². The molecule has 0 spiro atoms. The van der Waals surface area contributed by atoms with Gasteiger partial charge in [-0.3, -0.25) is 14.6 Å². The van der Waals surface area contributed by atoms with Crippen molar-refractivity contribution in [3.05, 3.63) is 59.4 Å². The first kappa shape index (κ1) is 22.6. The molecule has 1 amide bonds. The fourth-order valence-corrected chi connectivity index (χ4v) is 4.60. The zero-order chi connectivity index (χ0) is 20.2. The maximum atomic E-state index is 13.7. The van der Waals surface area contributed by atoms with Gasteiger partial charge in [0, 0.05) is 31.7 Å². The fraction of sp³-hybridized carbons (Fsp3) is 0.364. The van der Waals surface area contributed by atoms with Crippen LogP contribution >= 0.6 is 23.7 Å². The Labute approximate surface area is 185 Å². The van der Waals surface area contributed by atoms with Crippen LogP contribution in [0.1, 0.15) is 22.3 Å². The minimum atomic E-state index is -0.413. The normalized spacial score (nSPS) is 14.5. The highest BCUT2D eigenvalue weighted by Crippen LogP contribution is 2.31. The van der Waals surface area contributed by atoms with Gasteiger partial charge in [0.2, 0.25) is 0 Å². The molecule has 8 heteroatoms. The Balaban J connectivity index is 0.00000256. The van der Waals surface area contributed by atoms with E-state index in [-0.39, 0.29) is 18.3 Å². The van der Waals surface area contributed by atoms with Crippen LogP contribution in [0, 0.1) is 12.7 Å². The number of amides is 1. The van der Waals surface area contributed by atoms with Gasteiger partial charge in [0.15, 0.2) is 5.13 Å². The number of halogens is 2. The molecule has 3 aromatic rings. The molecule has 1 aliphatic rings. The zero-order valence-electron chi connectivity index (χ0n) is 16.8. The zero-order valence-corrected chi connectivity index (χ0v) is 18.5. The number of morpholine rings is 1. The van der Waals surface area contributed by atoms with Crippen LogP contribution < -0.4 is 4.90 Å². The summed E-state index contributed by atoms with van der Waals surface area (Å²) < 4.78 is 20.2. The average Bonchev–Trinajstić information content (AvgIpc) is 3.17. The number of aromatic nitrogens is 1. The molecule has 1 aliphatic heterocycles. The number of anilines is 1. The number of para-hydroxylation sites is 1. The van der Waals surface area contributed by atoms with E-state index in [0.717, 1.165) is 55.0 Å². The van der Waals surface area contributed by atoms with E-state index in [4.69, 9.17) is 9.72 Å². The molecule has 1 fully saturated rings. The Morgan fingerprint density at radius 3 is 2.73 bits per heavy atom. The minimum Gasteiger partial charge on any atom is -0.379 e. The molecule has 0 atom stereocenters. The summed E-state index contributed by atoms with van der Waals surface area (Å²) in [6.07, 6.45) is 0.815. The quantitative estimate of drug-likeness (QED) is 0.554. The molecule has 5 nitrogen and oxygen atoms in total. The second kappa shape index (κ2) is 10.3. The van der Waals surface area contributed by atoms with Crippen molar-refractivity contribution >= 4 is 45.0 Å². The van der Waals surface area contributed by atoms with Crippen LogP contribution in [0.15, 0.2) is 42.5 Å². The molecule has 0 radical (unpaired) electrons. The first-order valence-corrected chi connectivity index (χ1v) is 10.7. The van der Waals surface area contributed by atoms with Gasteiger partial charge in [0.25, 0.3) is 5.91 Å². The standard InChI is InChI=1S/C22H24FN3O2S.ClH/c1-16-5-2-8-19-20(16)24-22(29-19)26(10-4-9-25-11-13-28-14-12-25)21(27)17-6-3-7-18(23)15-17;/h2-3,5-8,15H,4,9-14H2,1H3;1H. The molecule has 2 aromatic carbocycles. The Morgan fingerprint density at radius 2 is 2.00 bits per heavy atom. The largest absolute Gasteiger partial charge is 0.379 e. The third-order valence-corrected chi connectivity index (χ3v) is 6.16. The van der Waals surface area contributed by atoms with Gasteiger partial charge in [-0.25, -0.2) is 9.37 Å². The second-order valence-corrected chi connectivity index (χ2v) is 8.20. The molecule has 2 heterocycles. The Bertz CT molecular complexity index is 1010. The van der Waals surface area contributed by atoms with E-state index in [1.54, 1.807) is 17.0 Å². The lowest BCUT2D eigenvalue weighted by Gasteiger charge is -2.27. The van der Waals surface area contributed by atoms with Crippen LogP contribution in [-0.2, 0) is 4.74 Å². The monoisotopic (exact) mass is 449 g/mol. The van der Waals surface area contributed by atoms with Crippen molar-refractivity contribution in [1.29, 1.82) is 0 Å². The van der Waals surface area contributed by atoms with Crippen molar-refractivity contribution in [1.82, 2.24) is 9.88 Å². The Kier molecular flexibility index (Phi) is 7.77. The summed E-state index contributed by atoms with van der Waals surface area (Å²) in [6, 6.07) is 11.9. The van der Waals surface area contributed by atoms with E-state index < -0.39 is 5.82 Å². The number of rotatable bonds is 6. The Morgan fingerprint density at radius 1 is 1.23 bits per heavy atom. The summed E-state index contributed by atoms with van der Waals surface area (Å²) in [5.74, 6) is -0.632. The van der Waals surface area contributed by atoms with Crippen LogP contribution in [0.4, 0.5) is 9.52 Å². The van der Waals surface area contributed by atoms with Gasteiger partial charge in [0.05, 0.1) is 23.4 Å². The lowest BCUT2D eigenvalue weighted by Crippen LogP contribution is -2.39. The number of hydrogen-bond donors (Lipinski definition) is 0. The van der Waals surface area contributed by atoms with E-state index in [1.807, 2.05) is 25.1 Å². The maximum Gasteiger partial charge on any atom is 0.260 e. The number of fused-ring (bicyclic) bond motifs is 1. The molecule has 0 bridgehead atoms. The van der Waals surface area contributed by atoms with Gasteiger partial charge in [-0.1, -0.05) is 29.5 Å². The summed E-state index contributed by atoms with van der Waals surface area (Å²) in [5.41, 5.74) is 2.33. The summed E-state index contributed by atoms with van der Waals surface area (Å²) in [6.45, 7) is 6.78. The van der Waals surface area contributed by atoms with Gasteiger partial charge in [-0.2, -0.15) is 0 Å². The molecule has 0 N–H and O–H groups in total. The highest BCUT2D eigenvalue weighted by atomic mass is 35.5. The van der Waals surface area contributed by atoms with E-state index in [1.165, 1.54) is 23.5 Å². The molecular formula is C22H25ClFN3O2S. The van der Waals surface area contributed by atoms with Crippen molar-refractivity contribution < 1.29 is 13.9 Å². The lowest BCUT2D eigenvalue weighted by molar-refractivity contribution is 0.0376. The summed E-state index contributed by atoms with van der Waals surface area (Å²) in [5, 5.41) is 0.658. The predicted octanol–water partition coefficient (Wildman–Crippen LogP) is 4.53. The number of carbonyl (C=O) groups is 1. The first-order valence-electron chi connectivity index (χ1n) is 9.85. The van der Waals surface area contributed by atoms with Gasteiger partial charge in [0.1, 0.15) is 5.82 Å². The SMILES string of the molecule is Cc1cccc2sc(N(CCCN3CCOCC3)C(=O)c3cccc(F)c3)nc12.Cl. The van der Waals surface area contributed by atoms with Crippen LogP contribution in [0.5, 0.6) is 0 Å². The summed E-state index contributed by atoms with van der Waals surface area (Å²) >= 11 is 1.50. The third kappa shape index (κ3) is 5.16. The van der Waals surface area contributed by atoms with E-state index in [9.17, 15) is 9.18 Å². The average molecular weight is 450 g/mol. The van der Waals surface area contributed by atoms with E-state index in [0.29, 0.717) is 17.2 Å². The predicted molar refractivity (Wildman–Crippen MR) is 122 cm³/mol. The number of aryl methyl sites for hydroxylation is 1. The second-order valence-electron chi connectivity index (χ2n) is 7.19. The molecule has 0 saturated carbocycles. The molecular weight excluding hydrogens is 425 g/mol.